The summed E-state index contributed by atoms with van der Waals surface area (Å²) in [5, 5.41) is 0. The van der Waals surface area contributed by atoms with Gasteiger partial charge in [0.1, 0.15) is 5.75 Å². The number of nitrogens with zero attached hydrogens (tertiary/aromatic N) is 1. The number of carbonyl (C=O) groups excluding carboxylic acids is 1. The number of nitrogens with two attached hydrogens (primary N) is 1. The molecule has 0 radical (unpaired) electrons. The Kier molecular flexibility index (Phi) is 4.27. The van der Waals surface area contributed by atoms with Gasteiger partial charge in [-0.1, -0.05) is 0 Å². The topological polar surface area (TPSA) is 64.8 Å². The van der Waals surface area contributed by atoms with E-state index in [1.807, 2.05) is 11.8 Å². The van der Waals surface area contributed by atoms with Crippen LogP contribution in [0.4, 0.5) is 5.69 Å². The molecule has 1 aromatic carbocycles. The lowest BCUT2D eigenvalue weighted by molar-refractivity contribution is 0.0562. The van der Waals surface area contributed by atoms with Gasteiger partial charge in [-0.25, -0.2) is 0 Å². The van der Waals surface area contributed by atoms with Gasteiger partial charge in [-0.3, -0.25) is 4.79 Å². The van der Waals surface area contributed by atoms with Crippen LogP contribution in [0.25, 0.3) is 0 Å². The Bertz CT molecular complexity index is 462. The lowest BCUT2D eigenvalue weighted by Gasteiger charge is -2.22. The number of hydrogen-bond donors (Lipinski definition) is 1. The second kappa shape index (κ2) is 5.93. The molecule has 5 nitrogen and oxygen atoms in total. The third-order valence-corrected chi connectivity index (χ3v) is 3.15. The second-order valence-corrected chi connectivity index (χ2v) is 4.78. The van der Waals surface area contributed by atoms with Crippen molar-refractivity contribution < 1.29 is 14.3 Å². The SMILES string of the molecule is COc1cc(N)cc(C(=O)N2CCCOC(C)C2)c1. The van der Waals surface area contributed by atoms with Gasteiger partial charge in [0.25, 0.3) is 5.91 Å². The predicted molar refractivity (Wildman–Crippen MR) is 73.3 cm³/mol. The highest BCUT2D eigenvalue weighted by Gasteiger charge is 2.21. The van der Waals surface area contributed by atoms with Gasteiger partial charge in [-0.15, -0.1) is 0 Å². The minimum Gasteiger partial charge on any atom is -0.497 e. The summed E-state index contributed by atoms with van der Waals surface area (Å²) < 4.78 is 10.7. The monoisotopic (exact) mass is 264 g/mol. The van der Waals surface area contributed by atoms with Crippen LogP contribution in [0, 0.1) is 0 Å². The van der Waals surface area contributed by atoms with Crippen molar-refractivity contribution in [1.29, 1.82) is 0 Å². The van der Waals surface area contributed by atoms with Crippen molar-refractivity contribution in [1.82, 2.24) is 4.90 Å². The molecule has 1 unspecified atom stereocenters. The van der Waals surface area contributed by atoms with Gasteiger partial charge in [0.05, 0.1) is 13.2 Å². The molecule has 5 heteroatoms. The molecule has 2 rings (SSSR count). The van der Waals surface area contributed by atoms with E-state index in [1.54, 1.807) is 25.3 Å². The minimum atomic E-state index is -0.0250. The Morgan fingerprint density at radius 2 is 2.26 bits per heavy atom. The van der Waals surface area contributed by atoms with E-state index in [2.05, 4.69) is 0 Å². The Morgan fingerprint density at radius 3 is 3.00 bits per heavy atom. The molecule has 0 spiro atoms. The molecule has 1 heterocycles. The number of carbonyl (C=O) groups is 1. The van der Waals surface area contributed by atoms with Gasteiger partial charge in [0.2, 0.25) is 0 Å². The molecule has 104 valence electrons. The van der Waals surface area contributed by atoms with Gasteiger partial charge in [0.15, 0.2) is 0 Å². The number of hydrogen-bond acceptors (Lipinski definition) is 4. The van der Waals surface area contributed by atoms with E-state index < -0.39 is 0 Å². The fourth-order valence-electron chi connectivity index (χ4n) is 2.22. The van der Waals surface area contributed by atoms with E-state index in [1.165, 1.54) is 0 Å². The third kappa shape index (κ3) is 3.38. The van der Waals surface area contributed by atoms with Crippen LogP contribution >= 0.6 is 0 Å². The van der Waals surface area contributed by atoms with Crippen molar-refractivity contribution in [3.8, 4) is 5.75 Å². The maximum atomic E-state index is 12.5. The van der Waals surface area contributed by atoms with Crippen molar-refractivity contribution in [2.24, 2.45) is 0 Å². The molecule has 1 aromatic rings. The van der Waals surface area contributed by atoms with Gasteiger partial charge < -0.3 is 20.1 Å². The van der Waals surface area contributed by atoms with E-state index in [9.17, 15) is 4.79 Å². The standard InChI is InChI=1S/C14H20N2O3/c1-10-9-16(4-3-5-19-10)14(17)11-6-12(15)8-13(7-11)18-2/h6-8,10H,3-5,9,15H2,1-2H3. The molecule has 2 N–H and O–H groups in total. The summed E-state index contributed by atoms with van der Waals surface area (Å²) in [5.41, 5.74) is 6.88. The Morgan fingerprint density at radius 1 is 1.47 bits per heavy atom. The van der Waals surface area contributed by atoms with Crippen LogP contribution in [-0.2, 0) is 4.74 Å². The molecule has 19 heavy (non-hydrogen) atoms. The quantitative estimate of drug-likeness (QED) is 0.823. The first kappa shape index (κ1) is 13.7. The number of benzene rings is 1. The molecule has 0 bridgehead atoms. The lowest BCUT2D eigenvalue weighted by Crippen LogP contribution is -2.35. The maximum Gasteiger partial charge on any atom is 0.254 e. The molecule has 0 saturated carbocycles. The van der Waals surface area contributed by atoms with Gasteiger partial charge >= 0.3 is 0 Å². The van der Waals surface area contributed by atoms with Crippen LogP contribution in [-0.4, -0.2) is 43.7 Å². The number of nitrogen functional groups attached to an aromatic ring is 1. The minimum absolute atomic E-state index is 0.0250. The zero-order valence-electron chi connectivity index (χ0n) is 11.4. The highest BCUT2D eigenvalue weighted by atomic mass is 16.5. The summed E-state index contributed by atoms with van der Waals surface area (Å²) in [5.74, 6) is 0.574. The predicted octanol–water partition coefficient (Wildman–Crippen LogP) is 1.53. The first-order valence-electron chi connectivity index (χ1n) is 6.45. The zero-order chi connectivity index (χ0) is 13.8. The van der Waals surface area contributed by atoms with Crippen molar-refractivity contribution in [3.63, 3.8) is 0 Å². The van der Waals surface area contributed by atoms with Crippen LogP contribution in [0.15, 0.2) is 18.2 Å². The highest BCUT2D eigenvalue weighted by Crippen LogP contribution is 2.20. The molecular formula is C14H20N2O3. The smallest absolute Gasteiger partial charge is 0.254 e. The van der Waals surface area contributed by atoms with Crippen molar-refractivity contribution in [2.75, 3.05) is 32.5 Å². The number of anilines is 1. The van der Waals surface area contributed by atoms with E-state index in [0.29, 0.717) is 36.7 Å². The number of methoxy groups -OCH3 is 1. The Balaban J connectivity index is 2.20. The Hall–Kier alpha value is -1.75. The molecule has 1 saturated heterocycles. The summed E-state index contributed by atoms with van der Waals surface area (Å²) >= 11 is 0. The van der Waals surface area contributed by atoms with Gasteiger partial charge in [0, 0.05) is 37.0 Å². The molecular weight excluding hydrogens is 244 g/mol. The van der Waals surface area contributed by atoms with Crippen LogP contribution in [0.2, 0.25) is 0 Å². The largest absolute Gasteiger partial charge is 0.497 e. The molecule has 0 aliphatic carbocycles. The fourth-order valence-corrected chi connectivity index (χ4v) is 2.22. The van der Waals surface area contributed by atoms with Crippen LogP contribution in [0.1, 0.15) is 23.7 Å². The van der Waals surface area contributed by atoms with Crippen molar-refractivity contribution in [2.45, 2.75) is 19.4 Å². The summed E-state index contributed by atoms with van der Waals surface area (Å²) in [6.45, 7) is 3.99. The van der Waals surface area contributed by atoms with Crippen molar-refractivity contribution >= 4 is 11.6 Å². The van der Waals surface area contributed by atoms with E-state index in [-0.39, 0.29) is 12.0 Å². The lowest BCUT2D eigenvalue weighted by atomic mass is 10.1. The summed E-state index contributed by atoms with van der Waals surface area (Å²) in [6.07, 6.45) is 0.921. The molecule has 1 atom stereocenters. The van der Waals surface area contributed by atoms with E-state index in [0.717, 1.165) is 6.42 Å². The number of rotatable bonds is 2. The van der Waals surface area contributed by atoms with Crippen LogP contribution < -0.4 is 10.5 Å². The first-order valence-corrected chi connectivity index (χ1v) is 6.45. The zero-order valence-corrected chi connectivity index (χ0v) is 11.4. The highest BCUT2D eigenvalue weighted by molar-refractivity contribution is 5.95. The van der Waals surface area contributed by atoms with Gasteiger partial charge in [-0.2, -0.15) is 0 Å². The van der Waals surface area contributed by atoms with Crippen LogP contribution in [0.3, 0.4) is 0 Å². The molecule has 1 fully saturated rings. The average Bonchev–Trinajstić information content (AvgIpc) is 2.61. The van der Waals surface area contributed by atoms with E-state index >= 15 is 0 Å². The maximum absolute atomic E-state index is 12.5. The number of ether oxygens (including phenoxy) is 2. The third-order valence-electron chi connectivity index (χ3n) is 3.15. The van der Waals surface area contributed by atoms with E-state index in [4.69, 9.17) is 15.2 Å². The molecule has 1 aliphatic heterocycles. The fraction of sp³-hybridized carbons (Fsp3) is 0.500. The second-order valence-electron chi connectivity index (χ2n) is 4.78. The van der Waals surface area contributed by atoms with Crippen LogP contribution in [0.5, 0.6) is 5.75 Å². The average molecular weight is 264 g/mol. The number of amides is 1. The van der Waals surface area contributed by atoms with Crippen molar-refractivity contribution in [3.05, 3.63) is 23.8 Å². The Labute approximate surface area is 113 Å². The molecule has 0 aromatic heterocycles. The summed E-state index contributed by atoms with van der Waals surface area (Å²) in [6, 6.07) is 5.10. The normalized spacial score (nSPS) is 19.9. The molecule has 1 amide bonds. The summed E-state index contributed by atoms with van der Waals surface area (Å²) in [7, 11) is 1.56. The molecule has 1 aliphatic rings. The first-order chi connectivity index (χ1) is 9.10. The van der Waals surface area contributed by atoms with Gasteiger partial charge in [-0.05, 0) is 25.5 Å². The summed E-state index contributed by atoms with van der Waals surface area (Å²) in [4.78, 5) is 14.3.